The second-order valence-corrected chi connectivity index (χ2v) is 11.7. The molecule has 1 amide bonds. The number of nitrogens with zero attached hydrogens (tertiary/aromatic N) is 2. The Hall–Kier alpha value is -1.97. The first-order chi connectivity index (χ1) is 14.4. The first kappa shape index (κ1) is 21.3. The van der Waals surface area contributed by atoms with E-state index in [0.29, 0.717) is 23.4 Å². The molecule has 0 atom stereocenters. The molecule has 2 heterocycles. The van der Waals surface area contributed by atoms with Crippen molar-refractivity contribution >= 4 is 58.8 Å². The van der Waals surface area contributed by atoms with Gasteiger partial charge in [-0.2, -0.15) is 0 Å². The maximum Gasteiger partial charge on any atom is 0.265 e. The molecule has 9 heteroatoms. The molecular weight excluding hydrogens is 438 g/mol. The molecule has 1 aliphatic carbocycles. The van der Waals surface area contributed by atoms with Gasteiger partial charge < -0.3 is 10.2 Å². The number of fused-ring (bicyclic) bond motifs is 1. The number of hydrogen-bond acceptors (Lipinski definition) is 7. The van der Waals surface area contributed by atoms with Gasteiger partial charge in [-0.15, -0.1) is 11.3 Å². The Morgan fingerprint density at radius 3 is 2.57 bits per heavy atom. The van der Waals surface area contributed by atoms with Crippen LogP contribution in [0.2, 0.25) is 0 Å². The minimum atomic E-state index is -3.35. The second-order valence-electron chi connectivity index (χ2n) is 7.38. The number of carbonyl (C=O) groups excluding carboxylic acids is 1. The highest BCUT2D eigenvalue weighted by atomic mass is 32.2. The number of thiophene rings is 1. The Kier molecular flexibility index (Phi) is 6.13. The van der Waals surface area contributed by atoms with E-state index in [1.54, 1.807) is 35.6 Å². The van der Waals surface area contributed by atoms with Crippen LogP contribution in [-0.4, -0.2) is 37.6 Å². The number of benzene rings is 1. The summed E-state index contributed by atoms with van der Waals surface area (Å²) in [6.07, 6.45) is 3.35. The predicted molar refractivity (Wildman–Crippen MR) is 125 cm³/mol. The van der Waals surface area contributed by atoms with Crippen molar-refractivity contribution in [3.63, 3.8) is 0 Å². The molecule has 0 spiro atoms. The van der Waals surface area contributed by atoms with Gasteiger partial charge >= 0.3 is 0 Å². The lowest BCUT2D eigenvalue weighted by Gasteiger charge is -2.16. The molecule has 4 rings (SSSR count). The number of aromatic nitrogens is 1. The van der Waals surface area contributed by atoms with E-state index in [1.807, 2.05) is 6.07 Å². The summed E-state index contributed by atoms with van der Waals surface area (Å²) >= 11 is 2.94. The van der Waals surface area contributed by atoms with Crippen LogP contribution >= 0.6 is 22.7 Å². The predicted octanol–water partition coefficient (Wildman–Crippen LogP) is 5.17. The first-order valence-electron chi connectivity index (χ1n) is 10.2. The van der Waals surface area contributed by atoms with Gasteiger partial charge in [0.05, 0.1) is 19.7 Å². The number of carbonyl (C=O) groups is 1. The third-order valence-electron chi connectivity index (χ3n) is 5.50. The third-order valence-corrected chi connectivity index (χ3v) is 9.98. The summed E-state index contributed by atoms with van der Waals surface area (Å²) in [5, 5.41) is 3.51. The molecule has 1 N–H and O–H groups in total. The number of thiazole rings is 1. The van der Waals surface area contributed by atoms with E-state index in [-0.39, 0.29) is 16.1 Å². The van der Waals surface area contributed by atoms with Crippen LogP contribution in [-0.2, 0) is 9.84 Å². The quantitative estimate of drug-likeness (QED) is 0.523. The van der Waals surface area contributed by atoms with E-state index in [0.717, 1.165) is 40.6 Å². The van der Waals surface area contributed by atoms with Crippen LogP contribution in [0, 0.1) is 0 Å². The maximum atomic E-state index is 12.8. The molecule has 2 aromatic heterocycles. The van der Waals surface area contributed by atoms with Gasteiger partial charge in [-0.1, -0.05) is 30.2 Å². The van der Waals surface area contributed by atoms with Crippen molar-refractivity contribution in [3.05, 3.63) is 35.2 Å². The van der Waals surface area contributed by atoms with E-state index >= 15 is 0 Å². The monoisotopic (exact) mass is 463 g/mol. The molecule has 1 saturated carbocycles. The van der Waals surface area contributed by atoms with Gasteiger partial charge in [0.15, 0.2) is 15.0 Å². The van der Waals surface area contributed by atoms with Crippen LogP contribution in [0.4, 0.5) is 10.8 Å². The zero-order valence-corrected chi connectivity index (χ0v) is 19.5. The van der Waals surface area contributed by atoms with E-state index in [1.165, 1.54) is 11.3 Å². The van der Waals surface area contributed by atoms with E-state index in [4.69, 9.17) is 0 Å². The zero-order chi connectivity index (χ0) is 21.3. The average molecular weight is 464 g/mol. The highest BCUT2D eigenvalue weighted by molar-refractivity contribution is 7.92. The van der Waals surface area contributed by atoms with Crippen LogP contribution < -0.4 is 10.2 Å². The van der Waals surface area contributed by atoms with E-state index in [2.05, 4.69) is 29.0 Å². The molecule has 0 aliphatic heterocycles. The fraction of sp³-hybridized carbons (Fsp3) is 0.429. The molecule has 160 valence electrons. The number of amides is 1. The van der Waals surface area contributed by atoms with Crippen molar-refractivity contribution in [3.8, 4) is 0 Å². The van der Waals surface area contributed by atoms with Crippen LogP contribution in [0.5, 0.6) is 0 Å². The number of anilines is 2. The fourth-order valence-electron chi connectivity index (χ4n) is 3.80. The number of hydrogen-bond donors (Lipinski definition) is 1. The molecule has 30 heavy (non-hydrogen) atoms. The Morgan fingerprint density at radius 2 is 1.90 bits per heavy atom. The molecule has 6 nitrogen and oxygen atoms in total. The molecule has 0 radical (unpaired) electrons. The largest absolute Gasteiger partial charge is 0.349 e. The summed E-state index contributed by atoms with van der Waals surface area (Å²) in [5.74, 6) is -0.245. The highest BCUT2D eigenvalue weighted by Gasteiger charge is 2.30. The summed E-state index contributed by atoms with van der Waals surface area (Å²) in [6.45, 7) is 5.98. The van der Waals surface area contributed by atoms with Crippen molar-refractivity contribution in [2.45, 2.75) is 49.7 Å². The first-order valence-corrected chi connectivity index (χ1v) is 13.4. The Bertz CT molecular complexity index is 1130. The molecule has 0 bridgehead atoms. The smallest absolute Gasteiger partial charge is 0.265 e. The summed E-state index contributed by atoms with van der Waals surface area (Å²) < 4.78 is 26.7. The van der Waals surface area contributed by atoms with Crippen LogP contribution in [0.3, 0.4) is 0 Å². The summed E-state index contributed by atoms with van der Waals surface area (Å²) in [5.41, 5.74) is 0.493. The highest BCUT2D eigenvalue weighted by Crippen LogP contribution is 2.35. The molecule has 0 saturated heterocycles. The van der Waals surface area contributed by atoms with Gasteiger partial charge in [0.2, 0.25) is 0 Å². The minimum Gasteiger partial charge on any atom is -0.349 e. The van der Waals surface area contributed by atoms with Crippen LogP contribution in [0.15, 0.2) is 35.2 Å². The van der Waals surface area contributed by atoms with Gasteiger partial charge in [-0.05, 0) is 51.0 Å². The van der Waals surface area contributed by atoms with Gasteiger partial charge in [0.25, 0.3) is 5.91 Å². The van der Waals surface area contributed by atoms with Gasteiger partial charge in [-0.3, -0.25) is 4.79 Å². The van der Waals surface area contributed by atoms with Gasteiger partial charge in [0, 0.05) is 18.8 Å². The lowest BCUT2D eigenvalue weighted by Crippen LogP contribution is -2.21. The Labute approximate surface area is 184 Å². The normalized spacial score (nSPS) is 15.0. The average Bonchev–Trinajstić information content (AvgIpc) is 3.46. The fourth-order valence-corrected chi connectivity index (χ4v) is 7.93. The molecule has 1 fully saturated rings. The molecule has 1 aromatic carbocycles. The van der Waals surface area contributed by atoms with Crippen molar-refractivity contribution in [1.82, 2.24) is 4.98 Å². The van der Waals surface area contributed by atoms with Crippen LogP contribution in [0.25, 0.3) is 9.53 Å². The number of nitrogens with one attached hydrogen (secondary N) is 1. The minimum absolute atomic E-state index is 0.245. The zero-order valence-electron chi connectivity index (χ0n) is 17.1. The SMILES string of the molecule is CCN(CC)c1nc2sc(C(=O)Nc3cccc(S(=O)(=O)C4CCCC4)c3)cc2s1. The summed E-state index contributed by atoms with van der Waals surface area (Å²) in [7, 11) is -3.35. The standard InChI is InChI=1S/C21H25N3O3S3/c1-3-24(4-2)21-23-20-18(29-21)13-17(28-20)19(25)22-14-8-7-11-16(12-14)30(26,27)15-9-5-6-10-15/h7-8,11-13,15H,3-6,9-10H2,1-2H3,(H,22,25). The second kappa shape index (κ2) is 8.64. The van der Waals surface area contributed by atoms with E-state index < -0.39 is 9.84 Å². The topological polar surface area (TPSA) is 79.4 Å². The Morgan fingerprint density at radius 1 is 1.17 bits per heavy atom. The molecule has 0 unspecified atom stereocenters. The Balaban J connectivity index is 1.52. The molecule has 1 aliphatic rings. The van der Waals surface area contributed by atoms with E-state index in [9.17, 15) is 13.2 Å². The van der Waals surface area contributed by atoms with Crippen molar-refractivity contribution < 1.29 is 13.2 Å². The summed E-state index contributed by atoms with van der Waals surface area (Å²) in [6, 6.07) is 8.45. The lowest BCUT2D eigenvalue weighted by atomic mass is 10.3. The number of sulfone groups is 1. The van der Waals surface area contributed by atoms with Crippen molar-refractivity contribution in [2.24, 2.45) is 0 Å². The third kappa shape index (κ3) is 4.10. The maximum absolute atomic E-state index is 12.8. The van der Waals surface area contributed by atoms with Crippen molar-refractivity contribution in [1.29, 1.82) is 0 Å². The van der Waals surface area contributed by atoms with Crippen LogP contribution in [0.1, 0.15) is 49.2 Å². The molecule has 3 aromatic rings. The van der Waals surface area contributed by atoms with Gasteiger partial charge in [-0.25, -0.2) is 13.4 Å². The molecular formula is C21H25N3O3S3. The number of rotatable bonds is 7. The van der Waals surface area contributed by atoms with Crippen molar-refractivity contribution in [2.75, 3.05) is 23.3 Å². The lowest BCUT2D eigenvalue weighted by molar-refractivity contribution is 0.103. The van der Waals surface area contributed by atoms with Gasteiger partial charge in [0.1, 0.15) is 4.83 Å². The summed E-state index contributed by atoms with van der Waals surface area (Å²) in [4.78, 5) is 21.3.